The molecule has 184 valence electrons. The van der Waals surface area contributed by atoms with Crippen LogP contribution in [0.5, 0.6) is 0 Å². The summed E-state index contributed by atoms with van der Waals surface area (Å²) in [5.41, 5.74) is 2.58. The number of anilines is 2. The number of halogens is 2. The normalized spacial score (nSPS) is 27.2. The third-order valence-corrected chi connectivity index (χ3v) is 15.1. The topological polar surface area (TPSA) is 42.0 Å². The van der Waals surface area contributed by atoms with E-state index in [0.717, 1.165) is 24.3 Å². The first-order valence-electron chi connectivity index (χ1n) is 12.3. The fourth-order valence-electron chi connectivity index (χ4n) is 6.55. The van der Waals surface area contributed by atoms with Gasteiger partial charge in [-0.1, -0.05) is 57.5 Å². The number of hydrogen-bond donors (Lipinski definition) is 0. The number of piperidine rings is 1. The third-order valence-electron chi connectivity index (χ3n) is 8.23. The standard InChI is InChI=1S/C25H38BrFN2O3Si/c1-15(2)33(16(3)4,17(5)6)31-14-19-11-29(25(30)32-19)18-7-8-24(23(27)9-18)28-12-21-20(10-26)22(21)13-28/h7-9,15-17,19-22H,10-14H2,1-6H3/t19-,20?,21-,22+/m1/s1. The monoisotopic (exact) mass is 540 g/mol. The van der Waals surface area contributed by atoms with Gasteiger partial charge in [0.2, 0.25) is 8.32 Å². The Labute approximate surface area is 207 Å². The molecule has 1 aromatic rings. The Kier molecular flexibility index (Phi) is 7.19. The van der Waals surface area contributed by atoms with Gasteiger partial charge in [0.1, 0.15) is 11.9 Å². The van der Waals surface area contributed by atoms with Crippen molar-refractivity contribution in [3.63, 3.8) is 0 Å². The minimum Gasteiger partial charge on any atom is -0.442 e. The molecule has 1 aliphatic carbocycles. The van der Waals surface area contributed by atoms with E-state index in [1.165, 1.54) is 11.0 Å². The van der Waals surface area contributed by atoms with Crippen LogP contribution in [0, 0.1) is 23.6 Å². The molecule has 0 radical (unpaired) electrons. The predicted octanol–water partition coefficient (Wildman–Crippen LogP) is 6.42. The number of hydrogen-bond acceptors (Lipinski definition) is 4. The first kappa shape index (κ1) is 25.0. The van der Waals surface area contributed by atoms with Gasteiger partial charge in [-0.2, -0.15) is 0 Å². The number of alkyl halides is 1. The molecule has 0 bridgehead atoms. The molecule has 5 nitrogen and oxygen atoms in total. The van der Waals surface area contributed by atoms with Crippen molar-refractivity contribution in [2.24, 2.45) is 17.8 Å². The minimum atomic E-state index is -2.04. The second-order valence-corrected chi connectivity index (χ2v) is 17.0. The maximum Gasteiger partial charge on any atom is 0.414 e. The van der Waals surface area contributed by atoms with Gasteiger partial charge >= 0.3 is 6.09 Å². The van der Waals surface area contributed by atoms with E-state index < -0.39 is 14.4 Å². The Bertz CT molecular complexity index is 849. The molecule has 1 aromatic carbocycles. The first-order valence-corrected chi connectivity index (χ1v) is 15.6. The van der Waals surface area contributed by atoms with Crippen LogP contribution in [-0.4, -0.2) is 52.1 Å². The zero-order chi connectivity index (χ0) is 24.1. The van der Waals surface area contributed by atoms with E-state index in [1.54, 1.807) is 0 Å². The van der Waals surface area contributed by atoms with Gasteiger partial charge in [-0.05, 0) is 52.6 Å². The average Bonchev–Trinajstić information content (AvgIpc) is 3.04. The zero-order valence-electron chi connectivity index (χ0n) is 20.7. The molecule has 1 amide bonds. The summed E-state index contributed by atoms with van der Waals surface area (Å²) in [4.78, 5) is 16.3. The van der Waals surface area contributed by atoms with Crippen molar-refractivity contribution in [2.75, 3.05) is 41.4 Å². The van der Waals surface area contributed by atoms with Crippen molar-refractivity contribution in [3.8, 4) is 0 Å². The van der Waals surface area contributed by atoms with E-state index in [-0.39, 0.29) is 11.9 Å². The van der Waals surface area contributed by atoms with Crippen LogP contribution in [0.3, 0.4) is 0 Å². The number of fused-ring (bicyclic) bond motifs is 1. The van der Waals surface area contributed by atoms with Crippen LogP contribution in [0.25, 0.3) is 0 Å². The van der Waals surface area contributed by atoms with E-state index in [2.05, 4.69) is 62.4 Å². The van der Waals surface area contributed by atoms with Gasteiger partial charge in [0.05, 0.1) is 24.5 Å². The van der Waals surface area contributed by atoms with Gasteiger partial charge in [0, 0.05) is 18.4 Å². The summed E-state index contributed by atoms with van der Waals surface area (Å²) in [7, 11) is -2.04. The van der Waals surface area contributed by atoms with Crippen LogP contribution in [0.2, 0.25) is 16.6 Å². The molecular weight excluding hydrogens is 503 g/mol. The van der Waals surface area contributed by atoms with Crippen LogP contribution in [0.1, 0.15) is 41.5 Å². The van der Waals surface area contributed by atoms with Crippen LogP contribution in [0.15, 0.2) is 18.2 Å². The van der Waals surface area contributed by atoms with E-state index >= 15 is 4.39 Å². The highest BCUT2D eigenvalue weighted by Crippen LogP contribution is 2.53. The van der Waals surface area contributed by atoms with Crippen molar-refractivity contribution in [3.05, 3.63) is 24.0 Å². The predicted molar refractivity (Wildman–Crippen MR) is 137 cm³/mol. The molecular formula is C25H38BrFN2O3Si. The number of rotatable bonds is 9. The molecule has 3 aliphatic rings. The van der Waals surface area contributed by atoms with Crippen molar-refractivity contribution >= 4 is 41.7 Å². The van der Waals surface area contributed by atoms with Crippen LogP contribution >= 0.6 is 15.9 Å². The Morgan fingerprint density at radius 3 is 2.21 bits per heavy atom. The van der Waals surface area contributed by atoms with Gasteiger partial charge in [-0.25, -0.2) is 9.18 Å². The molecule has 0 spiro atoms. The molecule has 4 rings (SSSR count). The summed E-state index contributed by atoms with van der Waals surface area (Å²) < 4.78 is 27.3. The molecule has 1 saturated carbocycles. The lowest BCUT2D eigenvalue weighted by Crippen LogP contribution is -2.49. The van der Waals surface area contributed by atoms with Gasteiger partial charge in [0.25, 0.3) is 0 Å². The van der Waals surface area contributed by atoms with E-state index in [4.69, 9.17) is 9.16 Å². The molecule has 4 atom stereocenters. The number of carbonyl (C=O) groups is 1. The lowest BCUT2D eigenvalue weighted by molar-refractivity contribution is 0.0979. The maximum absolute atomic E-state index is 15.0. The fraction of sp³-hybridized carbons (Fsp3) is 0.720. The highest BCUT2D eigenvalue weighted by Gasteiger charge is 2.55. The van der Waals surface area contributed by atoms with Crippen molar-refractivity contribution in [2.45, 2.75) is 64.3 Å². The Hall–Kier alpha value is -1.12. The van der Waals surface area contributed by atoms with Crippen molar-refractivity contribution in [1.29, 1.82) is 0 Å². The molecule has 33 heavy (non-hydrogen) atoms. The molecule has 3 fully saturated rings. The second-order valence-electron chi connectivity index (χ2n) is 10.9. The van der Waals surface area contributed by atoms with E-state index in [1.807, 2.05) is 12.1 Å². The van der Waals surface area contributed by atoms with E-state index in [0.29, 0.717) is 53.0 Å². The van der Waals surface area contributed by atoms with E-state index in [9.17, 15) is 4.79 Å². The molecule has 8 heteroatoms. The number of cyclic esters (lactones) is 1. The van der Waals surface area contributed by atoms with Gasteiger partial charge in [0.15, 0.2) is 0 Å². The van der Waals surface area contributed by atoms with Crippen molar-refractivity contribution in [1.82, 2.24) is 0 Å². The number of nitrogens with zero attached hydrogens (tertiary/aromatic N) is 2. The number of ether oxygens (including phenoxy) is 1. The molecule has 0 aromatic heterocycles. The summed E-state index contributed by atoms with van der Waals surface area (Å²) in [5.74, 6) is 1.82. The highest BCUT2D eigenvalue weighted by atomic mass is 79.9. The number of benzene rings is 1. The summed E-state index contributed by atoms with van der Waals surface area (Å²) in [6, 6.07) is 5.12. The smallest absolute Gasteiger partial charge is 0.414 e. The summed E-state index contributed by atoms with van der Waals surface area (Å²) in [5, 5.41) is 1.04. The molecule has 2 aliphatic heterocycles. The number of amides is 1. The van der Waals surface area contributed by atoms with Crippen LogP contribution in [0.4, 0.5) is 20.6 Å². The van der Waals surface area contributed by atoms with Gasteiger partial charge in [-0.3, -0.25) is 4.90 Å². The van der Waals surface area contributed by atoms with Gasteiger partial charge in [-0.15, -0.1) is 0 Å². The third kappa shape index (κ3) is 4.47. The van der Waals surface area contributed by atoms with Crippen LogP contribution < -0.4 is 9.80 Å². The molecule has 0 N–H and O–H groups in total. The minimum absolute atomic E-state index is 0.275. The Morgan fingerprint density at radius 2 is 1.70 bits per heavy atom. The lowest BCUT2D eigenvalue weighted by Gasteiger charge is -2.42. The second kappa shape index (κ2) is 9.50. The largest absolute Gasteiger partial charge is 0.442 e. The Morgan fingerprint density at radius 1 is 1.09 bits per heavy atom. The quantitative estimate of drug-likeness (QED) is 0.267. The van der Waals surface area contributed by atoms with Crippen LogP contribution in [-0.2, 0) is 9.16 Å². The zero-order valence-corrected chi connectivity index (χ0v) is 23.3. The molecule has 1 unspecified atom stereocenters. The maximum atomic E-state index is 15.0. The first-order chi connectivity index (χ1) is 15.6. The van der Waals surface area contributed by atoms with Crippen molar-refractivity contribution < 1.29 is 18.3 Å². The summed E-state index contributed by atoms with van der Waals surface area (Å²) in [6.07, 6.45) is -0.764. The summed E-state index contributed by atoms with van der Waals surface area (Å²) in [6.45, 7) is 16.1. The average molecular weight is 542 g/mol. The fourth-order valence-corrected chi connectivity index (χ4v) is 13.0. The lowest BCUT2D eigenvalue weighted by atomic mass is 10.2. The highest BCUT2D eigenvalue weighted by molar-refractivity contribution is 9.09. The number of carbonyl (C=O) groups excluding carboxylic acids is 1. The summed E-state index contributed by atoms with van der Waals surface area (Å²) >= 11 is 3.57. The SMILES string of the molecule is CC(C)[Si](OC[C@H]1CN(c2ccc(N3C[C@@H]4C(CBr)[C@@H]4C3)c(F)c2)C(=O)O1)(C(C)C)C(C)C. The Balaban J connectivity index is 1.40. The molecule has 2 saturated heterocycles. The molecule has 2 heterocycles. The van der Waals surface area contributed by atoms with Gasteiger partial charge < -0.3 is 14.1 Å².